The average Bonchev–Trinajstić information content (AvgIpc) is 2.92. The smallest absolute Gasteiger partial charge is 0.302 e. The van der Waals surface area contributed by atoms with Crippen LogP contribution in [0.1, 0.15) is 6.92 Å². The number of fused-ring (bicyclic) bond motifs is 1. The zero-order valence-corrected chi connectivity index (χ0v) is 12.4. The molecule has 2 aromatic heterocycles. The molecule has 0 saturated heterocycles. The molecule has 0 aliphatic heterocycles. The molecular weight excluding hydrogens is 298 g/mol. The summed E-state index contributed by atoms with van der Waals surface area (Å²) in [5.74, 6) is -0.0328. The van der Waals surface area contributed by atoms with Crippen molar-refractivity contribution in [3.05, 3.63) is 47.0 Å². The molecule has 0 saturated carbocycles. The fourth-order valence-corrected chi connectivity index (χ4v) is 2.12. The number of H-pyrrole nitrogens is 1. The number of benzene rings is 1. The van der Waals surface area contributed by atoms with Gasteiger partial charge in [0.25, 0.3) is 5.56 Å². The van der Waals surface area contributed by atoms with Crippen LogP contribution in [0, 0.1) is 0 Å². The largest absolute Gasteiger partial charge is 0.464 e. The summed E-state index contributed by atoms with van der Waals surface area (Å²) in [7, 11) is 0. The van der Waals surface area contributed by atoms with E-state index in [1.54, 1.807) is 4.57 Å². The molecule has 3 aromatic rings. The summed E-state index contributed by atoms with van der Waals surface area (Å²) in [5.41, 5.74) is 1.14. The average molecular weight is 313 g/mol. The third-order valence-electron chi connectivity index (χ3n) is 3.15. The van der Waals surface area contributed by atoms with E-state index in [2.05, 4.69) is 20.3 Å². The lowest BCUT2D eigenvalue weighted by Gasteiger charge is -2.07. The van der Waals surface area contributed by atoms with Gasteiger partial charge in [0.1, 0.15) is 6.61 Å². The van der Waals surface area contributed by atoms with E-state index in [1.807, 2.05) is 30.3 Å². The normalized spacial score (nSPS) is 10.7. The van der Waals surface area contributed by atoms with E-state index in [1.165, 1.54) is 13.3 Å². The number of nitrogens with one attached hydrogen (secondary N) is 2. The number of nitrogens with zero attached hydrogens (tertiary/aromatic N) is 3. The van der Waals surface area contributed by atoms with E-state index in [0.29, 0.717) is 18.1 Å². The second-order valence-corrected chi connectivity index (χ2v) is 4.86. The highest BCUT2D eigenvalue weighted by Gasteiger charge is 2.10. The number of hydrogen-bond acceptors (Lipinski definition) is 6. The minimum Gasteiger partial charge on any atom is -0.464 e. The standard InChI is InChI=1S/C15H15N5O3/c1-10(21)23-8-7-20-9-16-12-13(20)18-15(19-14(12)22)17-11-5-3-2-4-6-11/h2-6,9H,7-8H2,1H3,(H2,17,18,19,22). The molecular formula is C15H15N5O3. The molecule has 8 nitrogen and oxygen atoms in total. The fraction of sp³-hybridized carbons (Fsp3) is 0.200. The van der Waals surface area contributed by atoms with E-state index >= 15 is 0 Å². The van der Waals surface area contributed by atoms with Crippen LogP contribution in [0.15, 0.2) is 41.5 Å². The Morgan fingerprint density at radius 1 is 1.35 bits per heavy atom. The van der Waals surface area contributed by atoms with Crippen LogP contribution in [0.4, 0.5) is 11.6 Å². The minimum atomic E-state index is -0.355. The Labute approximate surface area is 131 Å². The number of para-hydroxylation sites is 1. The maximum absolute atomic E-state index is 12.1. The predicted molar refractivity (Wildman–Crippen MR) is 84.5 cm³/mol. The van der Waals surface area contributed by atoms with Gasteiger partial charge in [-0.05, 0) is 12.1 Å². The van der Waals surface area contributed by atoms with Gasteiger partial charge in [0, 0.05) is 12.6 Å². The number of aromatic amines is 1. The molecule has 23 heavy (non-hydrogen) atoms. The summed E-state index contributed by atoms with van der Waals surface area (Å²) in [5, 5.41) is 3.04. The SMILES string of the molecule is CC(=O)OCCn1cnc2c(=O)[nH]c(Nc3ccccc3)nc21. The van der Waals surface area contributed by atoms with Crippen molar-refractivity contribution in [2.45, 2.75) is 13.5 Å². The molecule has 2 heterocycles. The number of carbonyl (C=O) groups is 1. The minimum absolute atomic E-state index is 0.191. The number of rotatable bonds is 5. The molecule has 0 aliphatic carbocycles. The van der Waals surface area contributed by atoms with E-state index in [4.69, 9.17) is 4.74 Å². The lowest BCUT2D eigenvalue weighted by Crippen LogP contribution is -2.13. The number of anilines is 2. The number of hydrogen-bond donors (Lipinski definition) is 2. The molecule has 0 amide bonds. The summed E-state index contributed by atoms with van der Waals surface area (Å²) in [6, 6.07) is 9.38. The summed E-state index contributed by atoms with van der Waals surface area (Å²) in [6.45, 7) is 1.91. The second kappa shape index (κ2) is 6.30. The van der Waals surface area contributed by atoms with Gasteiger partial charge in [-0.2, -0.15) is 4.98 Å². The Kier molecular flexibility index (Phi) is 4.05. The van der Waals surface area contributed by atoms with Crippen molar-refractivity contribution in [2.75, 3.05) is 11.9 Å². The highest BCUT2D eigenvalue weighted by Crippen LogP contribution is 2.13. The number of imidazole rings is 1. The third-order valence-corrected chi connectivity index (χ3v) is 3.15. The Morgan fingerprint density at radius 3 is 2.87 bits per heavy atom. The van der Waals surface area contributed by atoms with Gasteiger partial charge in [0.15, 0.2) is 11.2 Å². The molecule has 8 heteroatoms. The first-order chi connectivity index (χ1) is 11.1. The van der Waals surface area contributed by atoms with Gasteiger partial charge in [0.2, 0.25) is 5.95 Å². The van der Waals surface area contributed by atoms with Crippen molar-refractivity contribution in [2.24, 2.45) is 0 Å². The van der Waals surface area contributed by atoms with Gasteiger partial charge < -0.3 is 14.6 Å². The monoisotopic (exact) mass is 313 g/mol. The van der Waals surface area contributed by atoms with Crippen LogP contribution in [0.25, 0.3) is 11.2 Å². The molecule has 0 unspecified atom stereocenters. The van der Waals surface area contributed by atoms with Crippen molar-refractivity contribution in [3.63, 3.8) is 0 Å². The molecule has 0 aliphatic rings. The molecule has 118 valence electrons. The van der Waals surface area contributed by atoms with Crippen molar-refractivity contribution >= 4 is 28.8 Å². The van der Waals surface area contributed by atoms with Crippen LogP contribution < -0.4 is 10.9 Å². The molecule has 3 rings (SSSR count). The van der Waals surface area contributed by atoms with Gasteiger partial charge in [-0.25, -0.2) is 4.98 Å². The first-order valence-electron chi connectivity index (χ1n) is 7.04. The quantitative estimate of drug-likeness (QED) is 0.691. The van der Waals surface area contributed by atoms with Crippen LogP contribution in [-0.4, -0.2) is 32.1 Å². The molecule has 0 radical (unpaired) electrons. The van der Waals surface area contributed by atoms with E-state index in [-0.39, 0.29) is 23.7 Å². The Morgan fingerprint density at radius 2 is 2.13 bits per heavy atom. The predicted octanol–water partition coefficient (Wildman–Crippen LogP) is 1.43. The third kappa shape index (κ3) is 3.37. The van der Waals surface area contributed by atoms with Crippen LogP contribution in [0.2, 0.25) is 0 Å². The summed E-state index contributed by atoms with van der Waals surface area (Å²) in [4.78, 5) is 34.0. The van der Waals surface area contributed by atoms with E-state index in [9.17, 15) is 9.59 Å². The summed E-state index contributed by atoms with van der Waals surface area (Å²) >= 11 is 0. The van der Waals surface area contributed by atoms with Gasteiger partial charge in [-0.1, -0.05) is 18.2 Å². The van der Waals surface area contributed by atoms with Gasteiger partial charge in [-0.3, -0.25) is 14.6 Å². The summed E-state index contributed by atoms with van der Waals surface area (Å²) in [6.07, 6.45) is 1.50. The first-order valence-corrected chi connectivity index (χ1v) is 7.04. The van der Waals surface area contributed by atoms with Crippen molar-refractivity contribution < 1.29 is 9.53 Å². The second-order valence-electron chi connectivity index (χ2n) is 4.86. The van der Waals surface area contributed by atoms with Crippen molar-refractivity contribution in [1.29, 1.82) is 0 Å². The van der Waals surface area contributed by atoms with Crippen LogP contribution in [0.3, 0.4) is 0 Å². The molecule has 0 atom stereocenters. The van der Waals surface area contributed by atoms with E-state index in [0.717, 1.165) is 5.69 Å². The molecule has 0 bridgehead atoms. The maximum Gasteiger partial charge on any atom is 0.302 e. The number of aromatic nitrogens is 4. The first kappa shape index (κ1) is 14.8. The van der Waals surface area contributed by atoms with Crippen molar-refractivity contribution in [3.8, 4) is 0 Å². The number of carbonyl (C=O) groups excluding carboxylic acids is 1. The van der Waals surface area contributed by atoms with Gasteiger partial charge >= 0.3 is 5.97 Å². The highest BCUT2D eigenvalue weighted by molar-refractivity contribution is 5.71. The molecule has 2 N–H and O–H groups in total. The highest BCUT2D eigenvalue weighted by atomic mass is 16.5. The van der Waals surface area contributed by atoms with Crippen LogP contribution in [-0.2, 0) is 16.1 Å². The molecule has 1 aromatic carbocycles. The Hall–Kier alpha value is -3.16. The molecule has 0 fully saturated rings. The van der Waals surface area contributed by atoms with Crippen LogP contribution >= 0.6 is 0 Å². The van der Waals surface area contributed by atoms with Crippen molar-refractivity contribution in [1.82, 2.24) is 19.5 Å². The van der Waals surface area contributed by atoms with Gasteiger partial charge in [0.05, 0.1) is 12.9 Å². The maximum atomic E-state index is 12.1. The lowest BCUT2D eigenvalue weighted by atomic mass is 10.3. The van der Waals surface area contributed by atoms with E-state index < -0.39 is 0 Å². The van der Waals surface area contributed by atoms with Crippen LogP contribution in [0.5, 0.6) is 0 Å². The lowest BCUT2D eigenvalue weighted by molar-refractivity contribution is -0.141. The summed E-state index contributed by atoms with van der Waals surface area (Å²) < 4.78 is 6.57. The number of ether oxygens (including phenoxy) is 1. The van der Waals surface area contributed by atoms with Gasteiger partial charge in [-0.15, -0.1) is 0 Å². The zero-order valence-electron chi connectivity index (χ0n) is 12.4. The fourth-order valence-electron chi connectivity index (χ4n) is 2.12. The molecule has 0 spiro atoms. The number of esters is 1. The topological polar surface area (TPSA) is 102 Å². The Bertz CT molecular complexity index is 885. The zero-order chi connectivity index (χ0) is 16.2. The Balaban J connectivity index is 1.89.